The van der Waals surface area contributed by atoms with Crippen LogP contribution in [0.5, 0.6) is 0 Å². The zero-order valence-corrected chi connectivity index (χ0v) is 12.2. The Balaban J connectivity index is 2.70. The quantitative estimate of drug-likeness (QED) is 0.725. The molecule has 0 bridgehead atoms. The molecule has 0 saturated heterocycles. The highest BCUT2D eigenvalue weighted by Gasteiger charge is 2.27. The number of aliphatic hydroxyl groups excluding tert-OH is 1. The standard InChI is InChI=1S/C13H24N4O2/c1-5-6-10-15-11(17-16-10)12(19)14-9(7-8-18)13(2,3)4/h9,18H,5-8H2,1-4H3,(H,14,19)(H,15,16,17). The van der Waals surface area contributed by atoms with Crippen LogP contribution in [-0.2, 0) is 6.42 Å². The first kappa shape index (κ1) is 15.6. The van der Waals surface area contributed by atoms with Crippen LogP contribution in [-0.4, -0.2) is 38.8 Å². The average molecular weight is 268 g/mol. The summed E-state index contributed by atoms with van der Waals surface area (Å²) in [7, 11) is 0. The van der Waals surface area contributed by atoms with Crippen LogP contribution in [0.4, 0.5) is 0 Å². The fourth-order valence-electron chi connectivity index (χ4n) is 1.82. The normalized spacial score (nSPS) is 13.3. The minimum atomic E-state index is -0.299. The van der Waals surface area contributed by atoms with E-state index in [-0.39, 0.29) is 29.8 Å². The number of aromatic amines is 1. The molecule has 19 heavy (non-hydrogen) atoms. The molecule has 6 heteroatoms. The Morgan fingerprint density at radius 3 is 2.68 bits per heavy atom. The second kappa shape index (κ2) is 6.65. The molecule has 0 aliphatic heterocycles. The number of rotatable bonds is 6. The van der Waals surface area contributed by atoms with Gasteiger partial charge in [0.2, 0.25) is 5.82 Å². The molecule has 0 spiro atoms. The van der Waals surface area contributed by atoms with Gasteiger partial charge in [-0.05, 0) is 18.3 Å². The maximum atomic E-state index is 12.1. The fourth-order valence-corrected chi connectivity index (χ4v) is 1.82. The summed E-state index contributed by atoms with van der Waals surface area (Å²) in [5, 5.41) is 18.6. The van der Waals surface area contributed by atoms with Crippen LogP contribution >= 0.6 is 0 Å². The lowest BCUT2D eigenvalue weighted by molar-refractivity contribution is 0.0875. The number of carbonyl (C=O) groups is 1. The van der Waals surface area contributed by atoms with Crippen molar-refractivity contribution in [1.29, 1.82) is 0 Å². The minimum absolute atomic E-state index is 0.0390. The zero-order chi connectivity index (χ0) is 14.5. The van der Waals surface area contributed by atoms with Gasteiger partial charge in [-0.15, -0.1) is 5.10 Å². The maximum Gasteiger partial charge on any atom is 0.291 e. The van der Waals surface area contributed by atoms with Gasteiger partial charge >= 0.3 is 0 Å². The van der Waals surface area contributed by atoms with Gasteiger partial charge in [-0.1, -0.05) is 27.7 Å². The van der Waals surface area contributed by atoms with E-state index in [0.717, 1.165) is 18.7 Å². The van der Waals surface area contributed by atoms with E-state index in [9.17, 15) is 4.79 Å². The number of nitrogens with zero attached hydrogens (tertiary/aromatic N) is 2. The molecule has 0 saturated carbocycles. The molecule has 1 atom stereocenters. The molecule has 0 fully saturated rings. The van der Waals surface area contributed by atoms with Crippen molar-refractivity contribution >= 4 is 5.91 Å². The van der Waals surface area contributed by atoms with Gasteiger partial charge in [-0.25, -0.2) is 4.98 Å². The Hall–Kier alpha value is -1.43. The SMILES string of the molecule is CCCc1nc(C(=O)NC(CCO)C(C)(C)C)n[nH]1. The average Bonchev–Trinajstić information content (AvgIpc) is 2.76. The summed E-state index contributed by atoms with van der Waals surface area (Å²) < 4.78 is 0. The number of aromatic nitrogens is 3. The summed E-state index contributed by atoms with van der Waals surface area (Å²) in [5.74, 6) is 0.588. The summed E-state index contributed by atoms with van der Waals surface area (Å²) in [5.41, 5.74) is -0.124. The Kier molecular flexibility index (Phi) is 5.47. The number of H-pyrrole nitrogens is 1. The van der Waals surface area contributed by atoms with Crippen LogP contribution in [0, 0.1) is 5.41 Å². The van der Waals surface area contributed by atoms with E-state index in [1.165, 1.54) is 0 Å². The van der Waals surface area contributed by atoms with Crippen molar-refractivity contribution < 1.29 is 9.90 Å². The van der Waals surface area contributed by atoms with Gasteiger partial charge in [0, 0.05) is 19.1 Å². The Morgan fingerprint density at radius 1 is 1.47 bits per heavy atom. The first-order valence-electron chi connectivity index (χ1n) is 6.71. The molecule has 0 aliphatic carbocycles. The molecule has 6 nitrogen and oxygen atoms in total. The summed E-state index contributed by atoms with van der Waals surface area (Å²) >= 11 is 0. The van der Waals surface area contributed by atoms with E-state index in [1.54, 1.807) is 0 Å². The molecule has 1 aromatic rings. The van der Waals surface area contributed by atoms with E-state index in [0.29, 0.717) is 6.42 Å². The van der Waals surface area contributed by atoms with Gasteiger partial charge in [0.05, 0.1) is 0 Å². The molecule has 1 amide bonds. The molecule has 1 aromatic heterocycles. The summed E-state index contributed by atoms with van der Waals surface area (Å²) in [4.78, 5) is 16.2. The number of nitrogens with one attached hydrogen (secondary N) is 2. The van der Waals surface area contributed by atoms with Crippen molar-refractivity contribution in [3.05, 3.63) is 11.6 Å². The smallest absolute Gasteiger partial charge is 0.291 e. The van der Waals surface area contributed by atoms with Gasteiger partial charge in [0.25, 0.3) is 5.91 Å². The first-order valence-corrected chi connectivity index (χ1v) is 6.71. The third kappa shape index (κ3) is 4.63. The van der Waals surface area contributed by atoms with Gasteiger partial charge in [-0.3, -0.25) is 9.89 Å². The molecule has 1 rings (SSSR count). The highest BCUT2D eigenvalue weighted by atomic mass is 16.3. The summed E-state index contributed by atoms with van der Waals surface area (Å²) in [6, 6.07) is -0.113. The van der Waals surface area contributed by atoms with Crippen molar-refractivity contribution in [3.8, 4) is 0 Å². The zero-order valence-electron chi connectivity index (χ0n) is 12.2. The Bertz CT molecular complexity index is 409. The van der Waals surface area contributed by atoms with Crippen molar-refractivity contribution in [2.75, 3.05) is 6.61 Å². The lowest BCUT2D eigenvalue weighted by Crippen LogP contribution is -2.44. The van der Waals surface area contributed by atoms with Gasteiger partial charge in [0.1, 0.15) is 5.82 Å². The van der Waals surface area contributed by atoms with E-state index >= 15 is 0 Å². The highest BCUT2D eigenvalue weighted by Crippen LogP contribution is 2.21. The molecule has 3 N–H and O–H groups in total. The number of carbonyl (C=O) groups excluding carboxylic acids is 1. The highest BCUT2D eigenvalue weighted by molar-refractivity contribution is 5.90. The van der Waals surface area contributed by atoms with Crippen LogP contribution in [0.2, 0.25) is 0 Å². The van der Waals surface area contributed by atoms with Crippen LogP contribution in [0.1, 0.15) is 57.0 Å². The van der Waals surface area contributed by atoms with Gasteiger partial charge in [-0.2, -0.15) is 0 Å². The van der Waals surface area contributed by atoms with Crippen molar-refractivity contribution in [1.82, 2.24) is 20.5 Å². The fraction of sp³-hybridized carbons (Fsp3) is 0.769. The molecule has 0 aliphatic rings. The van der Waals surface area contributed by atoms with Gasteiger partial charge < -0.3 is 10.4 Å². The van der Waals surface area contributed by atoms with E-state index < -0.39 is 0 Å². The first-order chi connectivity index (χ1) is 8.88. The lowest BCUT2D eigenvalue weighted by Gasteiger charge is -2.30. The van der Waals surface area contributed by atoms with Crippen LogP contribution in [0.15, 0.2) is 0 Å². The number of hydrogen-bond donors (Lipinski definition) is 3. The third-order valence-corrected chi connectivity index (χ3v) is 2.99. The molecular formula is C13H24N4O2. The van der Waals surface area contributed by atoms with Crippen molar-refractivity contribution in [2.24, 2.45) is 5.41 Å². The second-order valence-electron chi connectivity index (χ2n) is 5.76. The summed E-state index contributed by atoms with van der Waals surface area (Å²) in [6.45, 7) is 8.15. The predicted octanol–water partition coefficient (Wildman–Crippen LogP) is 1.28. The van der Waals surface area contributed by atoms with E-state index in [4.69, 9.17) is 5.11 Å². The Labute approximate surface area is 114 Å². The molecule has 0 radical (unpaired) electrons. The van der Waals surface area contributed by atoms with Crippen LogP contribution in [0.3, 0.4) is 0 Å². The number of amides is 1. The molecule has 1 unspecified atom stereocenters. The molecular weight excluding hydrogens is 244 g/mol. The van der Waals surface area contributed by atoms with E-state index in [2.05, 4.69) is 20.5 Å². The minimum Gasteiger partial charge on any atom is -0.396 e. The number of hydrogen-bond acceptors (Lipinski definition) is 4. The largest absolute Gasteiger partial charge is 0.396 e. The lowest BCUT2D eigenvalue weighted by atomic mass is 9.85. The van der Waals surface area contributed by atoms with Crippen LogP contribution < -0.4 is 5.32 Å². The number of aryl methyl sites for hydroxylation is 1. The molecule has 0 aromatic carbocycles. The number of aliphatic hydroxyl groups is 1. The maximum absolute atomic E-state index is 12.1. The predicted molar refractivity (Wildman–Crippen MR) is 72.8 cm³/mol. The molecule has 1 heterocycles. The third-order valence-electron chi connectivity index (χ3n) is 2.99. The monoisotopic (exact) mass is 268 g/mol. The topological polar surface area (TPSA) is 90.9 Å². The van der Waals surface area contributed by atoms with Crippen molar-refractivity contribution in [2.45, 2.75) is 53.0 Å². The summed E-state index contributed by atoms with van der Waals surface area (Å²) in [6.07, 6.45) is 2.24. The van der Waals surface area contributed by atoms with Gasteiger partial charge in [0.15, 0.2) is 0 Å². The molecule has 108 valence electrons. The Morgan fingerprint density at radius 2 is 2.16 bits per heavy atom. The second-order valence-corrected chi connectivity index (χ2v) is 5.76. The van der Waals surface area contributed by atoms with Crippen molar-refractivity contribution in [3.63, 3.8) is 0 Å². The van der Waals surface area contributed by atoms with E-state index in [1.807, 2.05) is 27.7 Å². The van der Waals surface area contributed by atoms with Crippen LogP contribution in [0.25, 0.3) is 0 Å².